The first-order valence-electron chi connectivity index (χ1n) is 8.51. The van der Waals surface area contributed by atoms with Crippen molar-refractivity contribution in [1.82, 2.24) is 15.0 Å². The minimum atomic E-state index is -3.64. The molecule has 3 aromatic rings. The van der Waals surface area contributed by atoms with E-state index in [1.165, 1.54) is 12.5 Å². The van der Waals surface area contributed by atoms with Crippen molar-refractivity contribution in [2.45, 2.75) is 28.7 Å². The molecule has 136 valence electrons. The largest absolute Gasteiger partial charge is 0.381 e. The number of hydrogen-bond acceptors (Lipinski definition) is 6. The maximum Gasteiger partial charge on any atom is 0.210 e. The molecule has 7 nitrogen and oxygen atoms in total. The lowest BCUT2D eigenvalue weighted by Gasteiger charge is -2.32. The van der Waals surface area contributed by atoms with Crippen molar-refractivity contribution in [3.63, 3.8) is 0 Å². The molecule has 3 heterocycles. The molecule has 1 fully saturated rings. The first-order chi connectivity index (χ1) is 12.6. The lowest BCUT2D eigenvalue weighted by Crippen LogP contribution is -2.37. The molecule has 0 spiro atoms. The van der Waals surface area contributed by atoms with Crippen molar-refractivity contribution < 1.29 is 13.2 Å². The van der Waals surface area contributed by atoms with Gasteiger partial charge in [-0.2, -0.15) is 0 Å². The Morgan fingerprint density at radius 1 is 1.15 bits per heavy atom. The van der Waals surface area contributed by atoms with Gasteiger partial charge in [0.05, 0.1) is 11.0 Å². The van der Waals surface area contributed by atoms with Gasteiger partial charge in [-0.1, -0.05) is 18.2 Å². The minimum absolute atomic E-state index is 0.175. The van der Waals surface area contributed by atoms with E-state index in [-0.39, 0.29) is 15.9 Å². The van der Waals surface area contributed by atoms with E-state index in [1.807, 2.05) is 0 Å². The first-order valence-corrected chi connectivity index (χ1v) is 9.99. The number of anilines is 1. The van der Waals surface area contributed by atoms with Gasteiger partial charge in [-0.15, -0.1) is 0 Å². The highest BCUT2D eigenvalue weighted by Gasteiger charge is 2.26. The standard InChI is InChI=1S/C18H20N4O3S/c1-25-13-7-9-22(10-8-13)18-17-16(20-12-21-18)15(11-19-17)26(23,24)14-5-3-2-4-6-14/h2-6,11-13,19H,7-10H2,1H3. The second kappa shape index (κ2) is 6.69. The van der Waals surface area contributed by atoms with Crippen LogP contribution in [0.1, 0.15) is 12.8 Å². The number of benzene rings is 1. The van der Waals surface area contributed by atoms with Gasteiger partial charge in [0.1, 0.15) is 22.3 Å². The van der Waals surface area contributed by atoms with E-state index < -0.39 is 9.84 Å². The van der Waals surface area contributed by atoms with Gasteiger partial charge < -0.3 is 14.6 Å². The summed E-state index contributed by atoms with van der Waals surface area (Å²) in [4.78, 5) is 14.3. The number of aromatic amines is 1. The number of H-pyrrole nitrogens is 1. The molecule has 4 rings (SSSR count). The molecule has 26 heavy (non-hydrogen) atoms. The molecular formula is C18H20N4O3S. The Hall–Kier alpha value is -2.45. The van der Waals surface area contributed by atoms with Crippen LogP contribution in [0, 0.1) is 0 Å². The van der Waals surface area contributed by atoms with Crippen molar-refractivity contribution in [2.75, 3.05) is 25.1 Å². The van der Waals surface area contributed by atoms with Gasteiger partial charge in [0.25, 0.3) is 0 Å². The summed E-state index contributed by atoms with van der Waals surface area (Å²) in [6.07, 6.45) is 5.03. The number of fused-ring (bicyclic) bond motifs is 1. The van der Waals surface area contributed by atoms with Gasteiger partial charge in [-0.05, 0) is 25.0 Å². The van der Waals surface area contributed by atoms with Gasteiger partial charge in [-0.3, -0.25) is 0 Å². The monoisotopic (exact) mass is 372 g/mol. The molecule has 0 aliphatic carbocycles. The Morgan fingerprint density at radius 3 is 2.58 bits per heavy atom. The van der Waals surface area contributed by atoms with Crippen molar-refractivity contribution in [3.05, 3.63) is 42.9 Å². The molecule has 0 unspecified atom stereocenters. The van der Waals surface area contributed by atoms with Crippen molar-refractivity contribution >= 4 is 26.7 Å². The molecule has 1 N–H and O–H groups in total. The zero-order chi connectivity index (χ0) is 18.1. The molecule has 1 aliphatic heterocycles. The summed E-state index contributed by atoms with van der Waals surface area (Å²) in [6.45, 7) is 1.62. The average Bonchev–Trinajstić information content (AvgIpc) is 3.14. The van der Waals surface area contributed by atoms with Crippen LogP contribution in [0.2, 0.25) is 0 Å². The molecular weight excluding hydrogens is 352 g/mol. The number of sulfone groups is 1. The van der Waals surface area contributed by atoms with E-state index in [9.17, 15) is 8.42 Å². The summed E-state index contributed by atoms with van der Waals surface area (Å²) in [5.74, 6) is 0.735. The second-order valence-corrected chi connectivity index (χ2v) is 8.23. The highest BCUT2D eigenvalue weighted by atomic mass is 32.2. The minimum Gasteiger partial charge on any atom is -0.381 e. The molecule has 0 bridgehead atoms. The van der Waals surface area contributed by atoms with Crippen LogP contribution >= 0.6 is 0 Å². The number of hydrogen-bond donors (Lipinski definition) is 1. The molecule has 2 aromatic heterocycles. The van der Waals surface area contributed by atoms with Gasteiger partial charge in [0.2, 0.25) is 9.84 Å². The van der Waals surface area contributed by atoms with E-state index in [4.69, 9.17) is 4.74 Å². The van der Waals surface area contributed by atoms with Crippen LogP contribution in [-0.4, -0.2) is 49.7 Å². The number of methoxy groups -OCH3 is 1. The van der Waals surface area contributed by atoms with Crippen LogP contribution in [0.25, 0.3) is 11.0 Å². The summed E-state index contributed by atoms with van der Waals surface area (Å²) in [5.41, 5.74) is 1.07. The van der Waals surface area contributed by atoms with Gasteiger partial charge in [0, 0.05) is 26.4 Å². The fraction of sp³-hybridized carbons (Fsp3) is 0.333. The highest BCUT2D eigenvalue weighted by Crippen LogP contribution is 2.31. The van der Waals surface area contributed by atoms with Crippen molar-refractivity contribution in [1.29, 1.82) is 0 Å². The number of nitrogens with zero attached hydrogens (tertiary/aromatic N) is 3. The van der Waals surface area contributed by atoms with Crippen LogP contribution in [0.5, 0.6) is 0 Å². The maximum absolute atomic E-state index is 13.0. The fourth-order valence-corrected chi connectivity index (χ4v) is 4.77. The van der Waals surface area contributed by atoms with Crippen LogP contribution in [0.3, 0.4) is 0 Å². The number of piperidine rings is 1. The quantitative estimate of drug-likeness (QED) is 0.757. The molecule has 8 heteroatoms. The summed E-state index contributed by atoms with van der Waals surface area (Å²) >= 11 is 0. The van der Waals surface area contributed by atoms with Crippen molar-refractivity contribution in [3.8, 4) is 0 Å². The predicted octanol–water partition coefficient (Wildman–Crippen LogP) is 2.41. The zero-order valence-electron chi connectivity index (χ0n) is 14.4. The lowest BCUT2D eigenvalue weighted by molar-refractivity contribution is 0.0818. The molecule has 1 aromatic carbocycles. The Kier molecular flexibility index (Phi) is 4.37. The van der Waals surface area contributed by atoms with Crippen molar-refractivity contribution in [2.24, 2.45) is 0 Å². The fourth-order valence-electron chi connectivity index (χ4n) is 3.38. The summed E-state index contributed by atoms with van der Waals surface area (Å²) in [5, 5.41) is 0. The number of rotatable bonds is 4. The molecule has 1 aliphatic rings. The van der Waals surface area contributed by atoms with Crippen LogP contribution in [0.15, 0.2) is 52.6 Å². The Labute approximate surface area is 152 Å². The number of nitrogens with one attached hydrogen (secondary N) is 1. The summed E-state index contributed by atoms with van der Waals surface area (Å²) in [6, 6.07) is 8.39. The number of aromatic nitrogens is 3. The van der Waals surface area contributed by atoms with E-state index in [0.717, 1.165) is 31.7 Å². The van der Waals surface area contributed by atoms with E-state index >= 15 is 0 Å². The number of ether oxygens (including phenoxy) is 1. The van der Waals surface area contributed by atoms with Crippen LogP contribution < -0.4 is 4.90 Å². The topological polar surface area (TPSA) is 88.2 Å². The predicted molar refractivity (Wildman–Crippen MR) is 98.0 cm³/mol. The third-order valence-corrected chi connectivity index (χ3v) is 6.61. The zero-order valence-corrected chi connectivity index (χ0v) is 15.2. The summed E-state index contributed by atoms with van der Waals surface area (Å²) < 4.78 is 31.3. The van der Waals surface area contributed by atoms with Gasteiger partial charge in [0.15, 0.2) is 5.82 Å². The Bertz CT molecular complexity index is 1010. The normalized spacial score (nSPS) is 16.3. The average molecular weight is 372 g/mol. The Morgan fingerprint density at radius 2 is 1.88 bits per heavy atom. The highest BCUT2D eigenvalue weighted by molar-refractivity contribution is 7.91. The second-order valence-electron chi connectivity index (χ2n) is 6.31. The smallest absolute Gasteiger partial charge is 0.210 e. The molecule has 0 saturated carbocycles. The lowest BCUT2D eigenvalue weighted by atomic mass is 10.1. The third kappa shape index (κ3) is 2.85. The molecule has 0 atom stereocenters. The third-order valence-electron chi connectivity index (χ3n) is 4.83. The molecule has 0 radical (unpaired) electrons. The first kappa shape index (κ1) is 17.0. The van der Waals surface area contributed by atoms with Crippen LogP contribution in [-0.2, 0) is 14.6 Å². The molecule has 1 saturated heterocycles. The van der Waals surface area contributed by atoms with E-state index in [1.54, 1.807) is 37.4 Å². The Balaban J connectivity index is 1.75. The summed E-state index contributed by atoms with van der Waals surface area (Å²) in [7, 11) is -1.91. The van der Waals surface area contributed by atoms with Crippen LogP contribution in [0.4, 0.5) is 5.82 Å². The van der Waals surface area contributed by atoms with E-state index in [0.29, 0.717) is 11.0 Å². The van der Waals surface area contributed by atoms with E-state index in [2.05, 4.69) is 19.9 Å². The SMILES string of the molecule is COC1CCN(c2ncnc3c(S(=O)(=O)c4ccccc4)c[nH]c23)CC1. The molecule has 0 amide bonds. The van der Waals surface area contributed by atoms with Gasteiger partial charge >= 0.3 is 0 Å². The van der Waals surface area contributed by atoms with Gasteiger partial charge in [-0.25, -0.2) is 18.4 Å². The maximum atomic E-state index is 13.0.